The molecule has 2 aromatic heterocycles. The minimum Gasteiger partial charge on any atom is -0.434 e. The average molecular weight is 581 g/mol. The van der Waals surface area contributed by atoms with Gasteiger partial charge in [-0.05, 0) is 64.7 Å². The number of oxazole rings is 1. The largest absolute Gasteiger partial charge is 0.434 e. The number of hydrogen-bond donors (Lipinski definition) is 2. The Hall–Kier alpha value is -6.20. The maximum Gasteiger partial charge on any atom is 0.227 e. The minimum atomic E-state index is 0.408. The van der Waals surface area contributed by atoms with Gasteiger partial charge < -0.3 is 9.83 Å². The van der Waals surface area contributed by atoms with Gasteiger partial charge in [0.1, 0.15) is 11.0 Å². The Morgan fingerprint density at radius 3 is 1.93 bits per heavy atom. The first-order valence-electron chi connectivity index (χ1n) is 14.9. The lowest BCUT2D eigenvalue weighted by molar-refractivity contribution is 0.621. The minimum absolute atomic E-state index is 0.408. The Morgan fingerprint density at radius 2 is 1.24 bits per heavy atom. The van der Waals surface area contributed by atoms with E-state index in [1.54, 1.807) is 0 Å². The van der Waals surface area contributed by atoms with Crippen LogP contribution in [0.15, 0.2) is 162 Å². The van der Waals surface area contributed by atoms with Crippen molar-refractivity contribution in [2.75, 3.05) is 5.43 Å². The van der Waals surface area contributed by atoms with Crippen LogP contribution in [0.4, 0.5) is 0 Å². The molecule has 0 amide bonds. The number of nitrogens with one attached hydrogen (secondary N) is 2. The molecule has 0 aliphatic rings. The van der Waals surface area contributed by atoms with Crippen molar-refractivity contribution in [1.82, 2.24) is 9.66 Å². The Bertz CT molecular complexity index is 2300. The first-order valence-corrected chi connectivity index (χ1v) is 14.9. The maximum absolute atomic E-state index is 8.96. The van der Waals surface area contributed by atoms with Crippen LogP contribution in [0.1, 0.15) is 11.1 Å². The SMILES string of the molecule is N=C(/C=C(\Nn1c2ccc(-c3ccccc3)cc2c2ccc3nc(-c4ccccc4)oc3c21)c1ccccc1)c1ccccc1. The molecule has 214 valence electrons. The van der Waals surface area contributed by atoms with Crippen molar-refractivity contribution in [1.29, 1.82) is 5.41 Å². The van der Waals surface area contributed by atoms with Gasteiger partial charge in [-0.1, -0.05) is 115 Å². The first-order chi connectivity index (χ1) is 22.2. The van der Waals surface area contributed by atoms with E-state index >= 15 is 0 Å². The summed E-state index contributed by atoms with van der Waals surface area (Å²) in [7, 11) is 0. The fourth-order valence-electron chi connectivity index (χ4n) is 5.88. The van der Waals surface area contributed by atoms with Crippen molar-refractivity contribution < 1.29 is 4.42 Å². The van der Waals surface area contributed by atoms with Crippen LogP contribution in [0.3, 0.4) is 0 Å². The number of allylic oxidation sites excluding steroid dienone is 1. The molecule has 0 radical (unpaired) electrons. The zero-order valence-corrected chi connectivity index (χ0v) is 24.3. The van der Waals surface area contributed by atoms with E-state index < -0.39 is 0 Å². The molecular weight excluding hydrogens is 552 g/mol. The zero-order valence-electron chi connectivity index (χ0n) is 24.3. The van der Waals surface area contributed by atoms with Gasteiger partial charge in [-0.25, -0.2) is 4.98 Å². The third kappa shape index (κ3) is 4.86. The monoisotopic (exact) mass is 580 g/mol. The molecule has 0 bridgehead atoms. The number of aromatic nitrogens is 2. The summed E-state index contributed by atoms with van der Waals surface area (Å²) in [6.45, 7) is 0. The molecule has 0 atom stereocenters. The van der Waals surface area contributed by atoms with Gasteiger partial charge in [0.25, 0.3) is 0 Å². The average Bonchev–Trinajstić information content (AvgIpc) is 3.69. The zero-order chi connectivity index (χ0) is 30.2. The Balaban J connectivity index is 1.38. The van der Waals surface area contributed by atoms with E-state index in [0.717, 1.165) is 60.8 Å². The van der Waals surface area contributed by atoms with Crippen LogP contribution in [-0.4, -0.2) is 15.4 Å². The van der Waals surface area contributed by atoms with Crippen molar-refractivity contribution >= 4 is 44.3 Å². The van der Waals surface area contributed by atoms with Crippen molar-refractivity contribution in [2.24, 2.45) is 0 Å². The van der Waals surface area contributed by atoms with Gasteiger partial charge in [0, 0.05) is 16.3 Å². The molecule has 6 aromatic carbocycles. The van der Waals surface area contributed by atoms with Crippen LogP contribution in [-0.2, 0) is 0 Å². The van der Waals surface area contributed by atoms with Crippen molar-refractivity contribution in [2.45, 2.75) is 0 Å². The van der Waals surface area contributed by atoms with Crippen LogP contribution < -0.4 is 5.43 Å². The summed E-state index contributed by atoms with van der Waals surface area (Å²) in [6, 6.07) is 51.0. The second-order valence-electron chi connectivity index (χ2n) is 10.9. The molecule has 0 unspecified atom stereocenters. The molecule has 2 heterocycles. The summed E-state index contributed by atoms with van der Waals surface area (Å²) in [5, 5.41) is 11.1. The van der Waals surface area contributed by atoms with Crippen LogP contribution in [0.25, 0.3) is 61.2 Å². The molecule has 8 aromatic rings. The van der Waals surface area contributed by atoms with E-state index in [9.17, 15) is 0 Å². The van der Waals surface area contributed by atoms with E-state index in [2.05, 4.69) is 70.8 Å². The summed E-state index contributed by atoms with van der Waals surface area (Å²) in [6.07, 6.45) is 1.89. The number of rotatable bonds is 7. The molecule has 2 N–H and O–H groups in total. The molecule has 5 nitrogen and oxygen atoms in total. The second kappa shape index (κ2) is 11.1. The summed E-state index contributed by atoms with van der Waals surface area (Å²) >= 11 is 0. The van der Waals surface area contributed by atoms with Gasteiger partial charge in [0.05, 0.1) is 16.9 Å². The predicted octanol–water partition coefficient (Wildman–Crippen LogP) is 9.92. The lowest BCUT2D eigenvalue weighted by atomic mass is 10.0. The Morgan fingerprint density at radius 1 is 0.622 bits per heavy atom. The molecule has 0 aliphatic carbocycles. The molecule has 0 saturated heterocycles. The highest BCUT2D eigenvalue weighted by atomic mass is 16.3. The van der Waals surface area contributed by atoms with E-state index in [4.69, 9.17) is 14.8 Å². The van der Waals surface area contributed by atoms with E-state index in [1.165, 1.54) is 0 Å². The highest BCUT2D eigenvalue weighted by molar-refractivity contribution is 6.17. The standard InChI is InChI=1S/C40H28N4O/c41-34(28-15-7-2-8-16-28)26-36(29-17-9-3-10-18-29)43-44-37-24-21-31(27-13-5-1-6-14-27)25-33(37)32-22-23-35-39(38(32)44)45-40(42-35)30-19-11-4-12-20-30/h1-26,41,43H/b36-26-,41-34?. The fourth-order valence-corrected chi connectivity index (χ4v) is 5.88. The topological polar surface area (TPSA) is 66.8 Å². The molecule has 45 heavy (non-hydrogen) atoms. The van der Waals surface area contributed by atoms with E-state index in [1.807, 2.05) is 97.1 Å². The molecule has 0 fully saturated rings. The number of hydrogen-bond acceptors (Lipinski definition) is 4. The van der Waals surface area contributed by atoms with Crippen molar-refractivity contribution in [3.05, 3.63) is 169 Å². The first kappa shape index (κ1) is 26.4. The van der Waals surface area contributed by atoms with Crippen LogP contribution in [0, 0.1) is 5.41 Å². The highest BCUT2D eigenvalue weighted by Gasteiger charge is 2.20. The van der Waals surface area contributed by atoms with Crippen molar-refractivity contribution in [3.8, 4) is 22.6 Å². The number of nitrogens with zero attached hydrogens (tertiary/aromatic N) is 2. The van der Waals surface area contributed by atoms with E-state index in [0.29, 0.717) is 17.2 Å². The van der Waals surface area contributed by atoms with Crippen LogP contribution in [0.5, 0.6) is 0 Å². The molecule has 0 aliphatic heterocycles. The summed E-state index contributed by atoms with van der Waals surface area (Å²) < 4.78 is 8.64. The van der Waals surface area contributed by atoms with Gasteiger partial charge in [-0.2, -0.15) is 0 Å². The smallest absolute Gasteiger partial charge is 0.227 e. The van der Waals surface area contributed by atoms with Gasteiger partial charge >= 0.3 is 0 Å². The van der Waals surface area contributed by atoms with Crippen LogP contribution >= 0.6 is 0 Å². The van der Waals surface area contributed by atoms with E-state index in [-0.39, 0.29) is 0 Å². The maximum atomic E-state index is 8.96. The van der Waals surface area contributed by atoms with Gasteiger partial charge in [0.2, 0.25) is 5.89 Å². The highest BCUT2D eigenvalue weighted by Crippen LogP contribution is 2.38. The summed E-state index contributed by atoms with van der Waals surface area (Å²) in [4.78, 5) is 4.88. The van der Waals surface area contributed by atoms with Gasteiger partial charge in [-0.15, -0.1) is 0 Å². The van der Waals surface area contributed by atoms with Gasteiger partial charge in [-0.3, -0.25) is 10.1 Å². The lowest BCUT2D eigenvalue weighted by Gasteiger charge is -2.16. The Labute approximate surface area is 260 Å². The fraction of sp³-hybridized carbons (Fsp3) is 0. The Kier molecular flexibility index (Phi) is 6.54. The molecular formula is C40H28N4O. The number of benzene rings is 6. The van der Waals surface area contributed by atoms with Crippen molar-refractivity contribution in [3.63, 3.8) is 0 Å². The quantitative estimate of drug-likeness (QED) is 0.184. The normalized spacial score (nSPS) is 11.8. The number of fused-ring (bicyclic) bond motifs is 5. The molecule has 0 saturated carbocycles. The van der Waals surface area contributed by atoms with Crippen LogP contribution in [0.2, 0.25) is 0 Å². The summed E-state index contributed by atoms with van der Waals surface area (Å²) in [5.41, 5.74) is 13.3. The molecule has 8 rings (SSSR count). The molecule has 5 heteroatoms. The lowest BCUT2D eigenvalue weighted by Crippen LogP contribution is -2.14. The summed E-state index contributed by atoms with van der Waals surface area (Å²) in [5.74, 6) is 0.574. The third-order valence-corrected chi connectivity index (χ3v) is 8.10. The third-order valence-electron chi connectivity index (χ3n) is 8.10. The molecule has 0 spiro atoms. The van der Waals surface area contributed by atoms with Gasteiger partial charge in [0.15, 0.2) is 5.58 Å². The second-order valence-corrected chi connectivity index (χ2v) is 10.9. The predicted molar refractivity (Wildman–Crippen MR) is 185 cm³/mol.